The molecule has 210 valence electrons. The third-order valence-electron chi connectivity index (χ3n) is 5.63. The van der Waals surface area contributed by atoms with E-state index < -0.39 is 0 Å². The Balaban J connectivity index is 1.87. The SMILES string of the molecule is CCCCCC(C)(C)c1ccc(OCCOCCOCCOCCOCCOCCOCCO)cc1. The fraction of sp³-hybridized carbons (Fsp3) is 0.786. The predicted octanol–water partition coefficient (Wildman–Crippen LogP) is 4.02. The number of aliphatic hydroxyl groups excluding tert-OH is 1. The molecule has 0 atom stereocenters. The van der Waals surface area contributed by atoms with Gasteiger partial charge in [0.05, 0.1) is 85.9 Å². The van der Waals surface area contributed by atoms with Crippen molar-refractivity contribution in [3.63, 3.8) is 0 Å². The van der Waals surface area contributed by atoms with Crippen LogP contribution >= 0.6 is 0 Å². The summed E-state index contributed by atoms with van der Waals surface area (Å²) in [6, 6.07) is 8.46. The molecular weight excluding hydrogens is 464 g/mol. The van der Waals surface area contributed by atoms with Crippen LogP contribution in [0.4, 0.5) is 0 Å². The highest BCUT2D eigenvalue weighted by atomic mass is 16.6. The monoisotopic (exact) mass is 514 g/mol. The molecule has 0 bridgehead atoms. The second-order valence-corrected chi connectivity index (χ2v) is 9.11. The number of ether oxygens (including phenoxy) is 7. The summed E-state index contributed by atoms with van der Waals surface area (Å²) in [5.41, 5.74) is 1.56. The highest BCUT2D eigenvalue weighted by molar-refractivity contribution is 5.31. The molecule has 0 fully saturated rings. The average Bonchev–Trinajstić information content (AvgIpc) is 2.88. The fourth-order valence-electron chi connectivity index (χ4n) is 3.45. The molecule has 0 unspecified atom stereocenters. The van der Waals surface area contributed by atoms with Gasteiger partial charge in [0.2, 0.25) is 0 Å². The van der Waals surface area contributed by atoms with Crippen LogP contribution in [-0.2, 0) is 33.8 Å². The van der Waals surface area contributed by atoms with E-state index in [2.05, 4.69) is 45.0 Å². The number of aliphatic hydroxyl groups is 1. The first-order valence-corrected chi connectivity index (χ1v) is 13.4. The summed E-state index contributed by atoms with van der Waals surface area (Å²) in [5, 5.41) is 8.57. The van der Waals surface area contributed by atoms with Gasteiger partial charge < -0.3 is 38.3 Å². The Morgan fingerprint density at radius 1 is 0.583 bits per heavy atom. The Hall–Kier alpha value is -1.26. The number of benzene rings is 1. The first kappa shape index (κ1) is 32.8. The maximum Gasteiger partial charge on any atom is 0.119 e. The molecule has 8 nitrogen and oxygen atoms in total. The van der Waals surface area contributed by atoms with E-state index in [-0.39, 0.29) is 12.0 Å². The fourth-order valence-corrected chi connectivity index (χ4v) is 3.45. The lowest BCUT2D eigenvalue weighted by atomic mass is 9.80. The smallest absolute Gasteiger partial charge is 0.119 e. The van der Waals surface area contributed by atoms with Crippen molar-refractivity contribution in [1.82, 2.24) is 0 Å². The van der Waals surface area contributed by atoms with E-state index in [1.807, 2.05) is 0 Å². The zero-order chi connectivity index (χ0) is 26.2. The molecule has 0 aromatic heterocycles. The molecule has 0 heterocycles. The van der Waals surface area contributed by atoms with Crippen molar-refractivity contribution >= 4 is 0 Å². The van der Waals surface area contributed by atoms with Crippen LogP contribution in [0.15, 0.2) is 24.3 Å². The summed E-state index contributed by atoms with van der Waals surface area (Å²) in [7, 11) is 0. The molecule has 0 saturated heterocycles. The molecule has 1 N–H and O–H groups in total. The van der Waals surface area contributed by atoms with Crippen molar-refractivity contribution in [2.45, 2.75) is 51.9 Å². The Morgan fingerprint density at radius 3 is 1.42 bits per heavy atom. The van der Waals surface area contributed by atoms with Gasteiger partial charge in [-0.1, -0.05) is 52.2 Å². The molecular formula is C28H50O8. The maximum atomic E-state index is 8.57. The summed E-state index contributed by atoms with van der Waals surface area (Å²) in [5.74, 6) is 0.875. The third-order valence-corrected chi connectivity index (χ3v) is 5.63. The minimum atomic E-state index is 0.0333. The molecule has 0 spiro atoms. The molecule has 1 aromatic carbocycles. The van der Waals surface area contributed by atoms with Gasteiger partial charge in [-0.05, 0) is 29.5 Å². The molecule has 1 rings (SSSR count). The normalized spacial score (nSPS) is 11.8. The largest absolute Gasteiger partial charge is 0.491 e. The summed E-state index contributed by atoms with van der Waals surface area (Å²) in [6.45, 7) is 13.5. The summed E-state index contributed by atoms with van der Waals surface area (Å²) < 4.78 is 38.1. The second kappa shape index (κ2) is 22.9. The van der Waals surface area contributed by atoms with Gasteiger partial charge in [0.15, 0.2) is 0 Å². The molecule has 0 aliphatic heterocycles. The Kier molecular flexibility index (Phi) is 20.8. The molecule has 1 aromatic rings. The van der Waals surface area contributed by atoms with Crippen LogP contribution in [0, 0.1) is 0 Å². The van der Waals surface area contributed by atoms with Crippen LogP contribution < -0.4 is 4.74 Å². The van der Waals surface area contributed by atoms with E-state index in [9.17, 15) is 0 Å². The molecule has 36 heavy (non-hydrogen) atoms. The second-order valence-electron chi connectivity index (χ2n) is 9.11. The average molecular weight is 515 g/mol. The van der Waals surface area contributed by atoms with Gasteiger partial charge in [-0.25, -0.2) is 0 Å². The topological polar surface area (TPSA) is 84.8 Å². The third kappa shape index (κ3) is 18.1. The number of unbranched alkanes of at least 4 members (excludes halogenated alkanes) is 2. The minimum absolute atomic E-state index is 0.0333. The van der Waals surface area contributed by atoms with Crippen molar-refractivity contribution in [1.29, 1.82) is 0 Å². The highest BCUT2D eigenvalue weighted by Crippen LogP contribution is 2.30. The van der Waals surface area contributed by atoms with Crippen molar-refractivity contribution in [2.24, 2.45) is 0 Å². The zero-order valence-electron chi connectivity index (χ0n) is 22.8. The zero-order valence-corrected chi connectivity index (χ0v) is 22.8. The van der Waals surface area contributed by atoms with Crippen LogP contribution in [0.25, 0.3) is 0 Å². The Labute approximate surface area is 218 Å². The van der Waals surface area contributed by atoms with E-state index in [1.165, 1.54) is 31.2 Å². The van der Waals surface area contributed by atoms with Crippen LogP contribution in [-0.4, -0.2) is 97.6 Å². The van der Waals surface area contributed by atoms with E-state index in [1.54, 1.807) is 0 Å². The Morgan fingerprint density at radius 2 is 1.00 bits per heavy atom. The molecule has 0 saturated carbocycles. The lowest BCUT2D eigenvalue weighted by Gasteiger charge is -2.25. The minimum Gasteiger partial charge on any atom is -0.491 e. The molecule has 8 heteroatoms. The van der Waals surface area contributed by atoms with Crippen LogP contribution in [0.1, 0.15) is 52.0 Å². The van der Waals surface area contributed by atoms with Crippen molar-refractivity contribution in [2.75, 3.05) is 92.5 Å². The highest BCUT2D eigenvalue weighted by Gasteiger charge is 2.19. The van der Waals surface area contributed by atoms with Gasteiger partial charge in [-0.2, -0.15) is 0 Å². The molecule has 0 aliphatic carbocycles. The quantitative estimate of drug-likeness (QED) is 0.186. The summed E-state index contributed by atoms with van der Waals surface area (Å²) in [4.78, 5) is 0. The summed E-state index contributed by atoms with van der Waals surface area (Å²) in [6.07, 6.45) is 5.03. The van der Waals surface area contributed by atoms with Crippen LogP contribution in [0.5, 0.6) is 5.75 Å². The van der Waals surface area contributed by atoms with E-state index >= 15 is 0 Å². The van der Waals surface area contributed by atoms with E-state index in [0.717, 1.165) is 5.75 Å². The van der Waals surface area contributed by atoms with Gasteiger partial charge in [0, 0.05) is 0 Å². The standard InChI is InChI=1S/C28H50O8/c1-4-5-6-11-28(2,3)26-7-9-27(10-8-26)36-25-24-35-23-22-34-21-20-33-19-18-32-17-16-31-15-14-30-13-12-29/h7-10,29H,4-6,11-25H2,1-3H3. The van der Waals surface area contributed by atoms with Gasteiger partial charge in [0.1, 0.15) is 12.4 Å². The number of hydrogen-bond donors (Lipinski definition) is 1. The van der Waals surface area contributed by atoms with Crippen molar-refractivity contribution < 1.29 is 38.3 Å². The lowest BCUT2D eigenvalue weighted by Crippen LogP contribution is -2.17. The van der Waals surface area contributed by atoms with Gasteiger partial charge in [-0.3, -0.25) is 0 Å². The number of rotatable bonds is 26. The first-order valence-electron chi connectivity index (χ1n) is 13.4. The molecule has 0 aliphatic rings. The van der Waals surface area contributed by atoms with E-state index in [0.29, 0.717) is 85.9 Å². The predicted molar refractivity (Wildman–Crippen MR) is 141 cm³/mol. The van der Waals surface area contributed by atoms with Gasteiger partial charge in [0.25, 0.3) is 0 Å². The summed E-state index contributed by atoms with van der Waals surface area (Å²) >= 11 is 0. The van der Waals surface area contributed by atoms with Crippen molar-refractivity contribution in [3.8, 4) is 5.75 Å². The first-order chi connectivity index (χ1) is 17.6. The lowest BCUT2D eigenvalue weighted by molar-refractivity contribution is -0.0191. The van der Waals surface area contributed by atoms with Crippen LogP contribution in [0.3, 0.4) is 0 Å². The van der Waals surface area contributed by atoms with Gasteiger partial charge >= 0.3 is 0 Å². The van der Waals surface area contributed by atoms with E-state index in [4.69, 9.17) is 38.3 Å². The number of hydrogen-bond acceptors (Lipinski definition) is 8. The van der Waals surface area contributed by atoms with Crippen molar-refractivity contribution in [3.05, 3.63) is 29.8 Å². The van der Waals surface area contributed by atoms with Crippen LogP contribution in [0.2, 0.25) is 0 Å². The molecule has 0 radical (unpaired) electrons. The maximum absolute atomic E-state index is 8.57. The Bertz CT molecular complexity index is 594. The molecule has 0 amide bonds. The van der Waals surface area contributed by atoms with Gasteiger partial charge in [-0.15, -0.1) is 0 Å².